The lowest BCUT2D eigenvalue weighted by molar-refractivity contribution is 0.0796. The first kappa shape index (κ1) is 14.4. The van der Waals surface area contributed by atoms with Crippen LogP contribution in [0.1, 0.15) is 14.5 Å². The smallest absolute Gasteiger partial charge is 0.272 e. The summed E-state index contributed by atoms with van der Waals surface area (Å²) < 4.78 is 28.9. The van der Waals surface area contributed by atoms with Crippen LogP contribution >= 0.6 is 11.3 Å². The van der Waals surface area contributed by atoms with Crippen LogP contribution in [0.5, 0.6) is 5.88 Å². The number of anilines is 1. The largest absolute Gasteiger partial charge is 0.472 e. The van der Waals surface area contributed by atoms with Crippen LogP contribution in [0, 0.1) is 6.92 Å². The van der Waals surface area contributed by atoms with Gasteiger partial charge in [-0.2, -0.15) is 4.98 Å². The van der Waals surface area contributed by atoms with Gasteiger partial charge in [-0.15, -0.1) is 11.3 Å². The summed E-state index contributed by atoms with van der Waals surface area (Å²) >= 11 is 1.36. The van der Waals surface area contributed by atoms with E-state index in [4.69, 9.17) is 4.74 Å². The van der Waals surface area contributed by atoms with Crippen molar-refractivity contribution in [2.75, 3.05) is 11.9 Å². The Morgan fingerprint density at radius 1 is 1.40 bits per heavy atom. The van der Waals surface area contributed by atoms with Crippen LogP contribution in [-0.4, -0.2) is 23.9 Å². The van der Waals surface area contributed by atoms with E-state index >= 15 is 0 Å². The van der Waals surface area contributed by atoms with Gasteiger partial charge in [-0.25, -0.2) is 8.78 Å². The van der Waals surface area contributed by atoms with Gasteiger partial charge in [0.1, 0.15) is 5.82 Å². The first-order valence-electron chi connectivity index (χ1n) is 5.80. The van der Waals surface area contributed by atoms with E-state index in [2.05, 4.69) is 10.3 Å². The zero-order valence-corrected chi connectivity index (χ0v) is 11.4. The predicted molar refractivity (Wildman–Crippen MR) is 72.7 cm³/mol. The van der Waals surface area contributed by atoms with Gasteiger partial charge in [-0.05, 0) is 25.1 Å². The molecule has 0 fully saturated rings. The van der Waals surface area contributed by atoms with Crippen LogP contribution in [0.4, 0.5) is 14.6 Å². The summed E-state index contributed by atoms with van der Waals surface area (Å²) in [5.74, 6) is 0.0138. The van der Waals surface area contributed by atoms with Gasteiger partial charge in [0.15, 0.2) is 6.61 Å². The van der Waals surface area contributed by atoms with Gasteiger partial charge in [-0.1, -0.05) is 6.07 Å². The Morgan fingerprint density at radius 2 is 2.20 bits per heavy atom. The number of ether oxygens (including phenoxy) is 1. The number of pyridine rings is 1. The Bertz CT molecular complexity index is 602. The highest BCUT2D eigenvalue weighted by molar-refractivity contribution is 7.14. The number of carbonyl (C=O) groups excluding carboxylic acids is 1. The molecule has 0 aromatic carbocycles. The minimum absolute atomic E-state index is 0.0467. The Kier molecular flexibility index (Phi) is 4.62. The molecule has 7 heteroatoms. The van der Waals surface area contributed by atoms with Crippen molar-refractivity contribution in [3.05, 3.63) is 40.1 Å². The van der Waals surface area contributed by atoms with Gasteiger partial charge in [0, 0.05) is 10.9 Å². The molecule has 2 aromatic heterocycles. The van der Waals surface area contributed by atoms with Crippen molar-refractivity contribution >= 4 is 23.1 Å². The fraction of sp³-hybridized carbons (Fsp3) is 0.231. The lowest BCUT2D eigenvalue weighted by Crippen LogP contribution is -2.12. The van der Waals surface area contributed by atoms with Crippen LogP contribution in [0.25, 0.3) is 0 Å². The average Bonchev–Trinajstić information content (AvgIpc) is 2.84. The minimum atomic E-state index is -2.57. The quantitative estimate of drug-likeness (QED) is 0.921. The topological polar surface area (TPSA) is 51.2 Å². The number of alkyl halides is 2. The highest BCUT2D eigenvalue weighted by Gasteiger charge is 2.10. The summed E-state index contributed by atoms with van der Waals surface area (Å²) in [5.41, 5.74) is 0. The molecule has 0 saturated heterocycles. The fourth-order valence-electron chi connectivity index (χ4n) is 1.45. The molecular formula is C13H12F2N2O2S. The number of halogens is 2. The molecule has 2 rings (SSSR count). The summed E-state index contributed by atoms with van der Waals surface area (Å²) in [5, 5.41) is 2.59. The van der Waals surface area contributed by atoms with Gasteiger partial charge in [0.05, 0.1) is 4.88 Å². The van der Waals surface area contributed by atoms with E-state index in [0.717, 1.165) is 4.88 Å². The zero-order chi connectivity index (χ0) is 14.5. The molecule has 4 nitrogen and oxygen atoms in total. The molecule has 0 unspecified atom stereocenters. The van der Waals surface area contributed by atoms with Crippen LogP contribution in [0.3, 0.4) is 0 Å². The third-order valence-electron chi connectivity index (χ3n) is 2.29. The first-order chi connectivity index (χ1) is 9.54. The summed E-state index contributed by atoms with van der Waals surface area (Å²) in [6.45, 7) is 1.17. The maximum Gasteiger partial charge on any atom is 0.272 e. The SMILES string of the molecule is Cc1ccc(C(=O)Nc2cccc(OCC(F)F)n2)s1. The zero-order valence-electron chi connectivity index (χ0n) is 10.6. The highest BCUT2D eigenvalue weighted by Crippen LogP contribution is 2.18. The number of rotatable bonds is 5. The monoisotopic (exact) mass is 298 g/mol. The molecule has 0 radical (unpaired) electrons. The normalized spacial score (nSPS) is 10.6. The summed E-state index contributed by atoms with van der Waals surface area (Å²) in [4.78, 5) is 17.4. The average molecular weight is 298 g/mol. The van der Waals surface area contributed by atoms with Crippen molar-refractivity contribution in [1.82, 2.24) is 4.98 Å². The Labute approximate surface area is 118 Å². The Hall–Kier alpha value is -2.02. The maximum atomic E-state index is 12.0. The Balaban J connectivity index is 2.02. The molecule has 0 saturated carbocycles. The molecule has 2 aromatic rings. The van der Waals surface area contributed by atoms with Gasteiger partial charge in [0.25, 0.3) is 12.3 Å². The fourth-order valence-corrected chi connectivity index (χ4v) is 2.21. The van der Waals surface area contributed by atoms with Crippen LogP contribution in [0.2, 0.25) is 0 Å². The lowest BCUT2D eigenvalue weighted by Gasteiger charge is -2.07. The number of aromatic nitrogens is 1. The minimum Gasteiger partial charge on any atom is -0.472 e. The van der Waals surface area contributed by atoms with Crippen molar-refractivity contribution < 1.29 is 18.3 Å². The van der Waals surface area contributed by atoms with E-state index in [-0.39, 0.29) is 17.6 Å². The molecule has 106 valence electrons. The van der Waals surface area contributed by atoms with Gasteiger partial charge in [0.2, 0.25) is 5.88 Å². The van der Waals surface area contributed by atoms with E-state index in [1.807, 2.05) is 13.0 Å². The van der Waals surface area contributed by atoms with E-state index in [1.165, 1.54) is 17.4 Å². The number of nitrogens with one attached hydrogen (secondary N) is 1. The highest BCUT2D eigenvalue weighted by atomic mass is 32.1. The van der Waals surface area contributed by atoms with E-state index in [0.29, 0.717) is 4.88 Å². The van der Waals surface area contributed by atoms with Gasteiger partial charge >= 0.3 is 0 Å². The van der Waals surface area contributed by atoms with Gasteiger partial charge in [-0.3, -0.25) is 4.79 Å². The second-order valence-corrected chi connectivity index (χ2v) is 5.22. The molecule has 0 aliphatic rings. The number of aryl methyl sites for hydroxylation is 1. The lowest BCUT2D eigenvalue weighted by atomic mass is 10.4. The van der Waals surface area contributed by atoms with Gasteiger partial charge < -0.3 is 10.1 Å². The Morgan fingerprint density at radius 3 is 2.85 bits per heavy atom. The molecule has 1 N–H and O–H groups in total. The molecule has 0 aliphatic heterocycles. The second kappa shape index (κ2) is 6.42. The number of nitrogens with zero attached hydrogens (tertiary/aromatic N) is 1. The summed E-state index contributed by atoms with van der Waals surface area (Å²) in [7, 11) is 0. The second-order valence-electron chi connectivity index (χ2n) is 3.93. The van der Waals surface area contributed by atoms with Crippen LogP contribution in [0.15, 0.2) is 30.3 Å². The first-order valence-corrected chi connectivity index (χ1v) is 6.62. The number of thiophene rings is 1. The third-order valence-corrected chi connectivity index (χ3v) is 3.29. The molecule has 0 aliphatic carbocycles. The predicted octanol–water partition coefficient (Wildman–Crippen LogP) is 3.35. The van der Waals surface area contributed by atoms with E-state index in [1.54, 1.807) is 18.2 Å². The molecule has 0 bridgehead atoms. The molecule has 0 atom stereocenters. The number of hydrogen-bond acceptors (Lipinski definition) is 4. The van der Waals surface area contributed by atoms with Crippen LogP contribution < -0.4 is 10.1 Å². The molecule has 0 spiro atoms. The number of hydrogen-bond donors (Lipinski definition) is 1. The maximum absolute atomic E-state index is 12.0. The molecular weight excluding hydrogens is 286 g/mol. The standard InChI is InChI=1S/C13H12F2N2O2S/c1-8-5-6-9(20-8)13(18)17-11-3-2-4-12(16-11)19-7-10(14)15/h2-6,10H,7H2,1H3,(H,16,17,18). The van der Waals surface area contributed by atoms with Crippen molar-refractivity contribution in [1.29, 1.82) is 0 Å². The summed E-state index contributed by atoms with van der Waals surface area (Å²) in [6, 6.07) is 8.14. The van der Waals surface area contributed by atoms with Crippen molar-refractivity contribution in [2.45, 2.75) is 13.3 Å². The van der Waals surface area contributed by atoms with Crippen molar-refractivity contribution in [3.63, 3.8) is 0 Å². The van der Waals surface area contributed by atoms with Crippen LogP contribution in [-0.2, 0) is 0 Å². The number of amides is 1. The molecule has 1 amide bonds. The summed E-state index contributed by atoms with van der Waals surface area (Å²) in [6.07, 6.45) is -2.57. The molecule has 2 heterocycles. The number of carbonyl (C=O) groups is 1. The van der Waals surface area contributed by atoms with E-state index < -0.39 is 13.0 Å². The van der Waals surface area contributed by atoms with E-state index in [9.17, 15) is 13.6 Å². The van der Waals surface area contributed by atoms with Crippen molar-refractivity contribution in [2.24, 2.45) is 0 Å². The third kappa shape index (κ3) is 3.99. The molecule has 20 heavy (non-hydrogen) atoms. The van der Waals surface area contributed by atoms with Crippen molar-refractivity contribution in [3.8, 4) is 5.88 Å².